The molecule has 0 saturated heterocycles. The maximum atomic E-state index is 11.8. The van der Waals surface area contributed by atoms with E-state index in [2.05, 4.69) is 16.0 Å². The summed E-state index contributed by atoms with van der Waals surface area (Å²) in [7, 11) is 0. The van der Waals surface area contributed by atoms with E-state index in [0.717, 1.165) is 11.3 Å². The van der Waals surface area contributed by atoms with E-state index in [9.17, 15) is 14.4 Å². The van der Waals surface area contributed by atoms with E-state index < -0.39 is 11.7 Å². The lowest BCUT2D eigenvalue weighted by atomic mass is 10.2. The average Bonchev–Trinajstić information content (AvgIpc) is 2.60. The van der Waals surface area contributed by atoms with Crippen molar-refractivity contribution in [2.45, 2.75) is 46.1 Å². The number of benzene rings is 1. The third kappa shape index (κ3) is 11.1. The molecule has 0 aliphatic rings. The second-order valence-electron chi connectivity index (χ2n) is 7.27. The van der Waals surface area contributed by atoms with Gasteiger partial charge in [-0.1, -0.05) is 18.2 Å². The molecule has 28 heavy (non-hydrogen) atoms. The minimum absolute atomic E-state index is 0.102. The van der Waals surface area contributed by atoms with Crippen molar-refractivity contribution in [3.05, 3.63) is 29.8 Å². The van der Waals surface area contributed by atoms with Crippen molar-refractivity contribution in [1.82, 2.24) is 16.0 Å². The van der Waals surface area contributed by atoms with Crippen molar-refractivity contribution in [1.29, 1.82) is 0 Å². The zero-order chi connectivity index (χ0) is 21.0. The van der Waals surface area contributed by atoms with Crippen LogP contribution in [0.15, 0.2) is 24.3 Å². The van der Waals surface area contributed by atoms with E-state index in [-0.39, 0.29) is 24.9 Å². The minimum atomic E-state index is -0.649. The summed E-state index contributed by atoms with van der Waals surface area (Å²) < 4.78 is 10.7. The summed E-state index contributed by atoms with van der Waals surface area (Å²) in [4.78, 5) is 34.8. The Kier molecular flexibility index (Phi) is 9.84. The van der Waals surface area contributed by atoms with Gasteiger partial charge in [0.1, 0.15) is 11.4 Å². The van der Waals surface area contributed by atoms with Gasteiger partial charge in [0.25, 0.3) is 0 Å². The third-order valence-corrected chi connectivity index (χ3v) is 3.46. The number of alkyl carbamates (subject to hydrolysis) is 1. The van der Waals surface area contributed by atoms with Gasteiger partial charge in [-0.15, -0.1) is 0 Å². The molecule has 0 aliphatic carbocycles. The van der Waals surface area contributed by atoms with Crippen LogP contribution in [-0.4, -0.2) is 49.7 Å². The van der Waals surface area contributed by atoms with Crippen LogP contribution >= 0.6 is 0 Å². The number of hydrogen-bond donors (Lipinski definition) is 3. The standard InChI is InChI=1S/C20H31N3O5/c1-15-8-5-6-9-16(15)27-13-7-10-17(24)21-11-12-22-18(25)14-23-19(26)28-20(2,3)4/h5-6,8-9H,7,10-14H2,1-4H3,(H,21,24)(H,22,25)(H,23,26). The van der Waals surface area contributed by atoms with Crippen molar-refractivity contribution in [3.8, 4) is 5.75 Å². The molecule has 0 heterocycles. The van der Waals surface area contributed by atoms with Gasteiger partial charge in [0.05, 0.1) is 13.2 Å². The van der Waals surface area contributed by atoms with Crippen molar-refractivity contribution in [2.75, 3.05) is 26.2 Å². The molecule has 0 aliphatic heterocycles. The fraction of sp³-hybridized carbons (Fsp3) is 0.550. The molecule has 8 nitrogen and oxygen atoms in total. The fourth-order valence-corrected chi connectivity index (χ4v) is 2.15. The Hall–Kier alpha value is -2.77. The topological polar surface area (TPSA) is 106 Å². The molecule has 1 aromatic rings. The van der Waals surface area contributed by atoms with Gasteiger partial charge in [-0.25, -0.2) is 4.79 Å². The smallest absolute Gasteiger partial charge is 0.408 e. The molecule has 0 aromatic heterocycles. The zero-order valence-electron chi connectivity index (χ0n) is 17.1. The summed E-state index contributed by atoms with van der Waals surface area (Å²) >= 11 is 0. The Morgan fingerprint density at radius 2 is 1.61 bits per heavy atom. The van der Waals surface area contributed by atoms with Crippen LogP contribution in [0.2, 0.25) is 0 Å². The first-order chi connectivity index (χ1) is 13.2. The van der Waals surface area contributed by atoms with Crippen molar-refractivity contribution in [2.24, 2.45) is 0 Å². The highest BCUT2D eigenvalue weighted by Crippen LogP contribution is 2.16. The highest BCUT2D eigenvalue weighted by Gasteiger charge is 2.16. The number of carbonyl (C=O) groups excluding carboxylic acids is 3. The van der Waals surface area contributed by atoms with Gasteiger partial charge in [0.2, 0.25) is 11.8 Å². The van der Waals surface area contributed by atoms with Gasteiger partial charge < -0.3 is 25.4 Å². The van der Waals surface area contributed by atoms with Crippen LogP contribution in [0.4, 0.5) is 4.79 Å². The van der Waals surface area contributed by atoms with E-state index in [1.807, 2.05) is 31.2 Å². The second-order valence-corrected chi connectivity index (χ2v) is 7.27. The lowest BCUT2D eigenvalue weighted by Gasteiger charge is -2.19. The monoisotopic (exact) mass is 393 g/mol. The van der Waals surface area contributed by atoms with E-state index in [1.165, 1.54) is 0 Å². The Balaban J connectivity index is 2.04. The van der Waals surface area contributed by atoms with Crippen LogP contribution in [0.25, 0.3) is 0 Å². The molecule has 0 spiro atoms. The van der Waals surface area contributed by atoms with Crippen LogP contribution in [-0.2, 0) is 14.3 Å². The predicted molar refractivity (Wildman–Crippen MR) is 106 cm³/mol. The largest absolute Gasteiger partial charge is 0.493 e. The number of hydrogen-bond acceptors (Lipinski definition) is 5. The quantitative estimate of drug-likeness (QED) is 0.527. The highest BCUT2D eigenvalue weighted by atomic mass is 16.6. The summed E-state index contributed by atoms with van der Waals surface area (Å²) in [6, 6.07) is 7.73. The van der Waals surface area contributed by atoms with Gasteiger partial charge in [-0.05, 0) is 45.7 Å². The lowest BCUT2D eigenvalue weighted by Crippen LogP contribution is -2.42. The second kappa shape index (κ2) is 11.8. The van der Waals surface area contributed by atoms with Crippen LogP contribution in [0, 0.1) is 6.92 Å². The molecule has 8 heteroatoms. The molecule has 1 aromatic carbocycles. The van der Waals surface area contributed by atoms with E-state index in [1.54, 1.807) is 20.8 Å². The number of amides is 3. The van der Waals surface area contributed by atoms with Gasteiger partial charge in [-0.2, -0.15) is 0 Å². The van der Waals surface area contributed by atoms with Crippen LogP contribution < -0.4 is 20.7 Å². The minimum Gasteiger partial charge on any atom is -0.493 e. The van der Waals surface area contributed by atoms with Crippen molar-refractivity contribution >= 4 is 17.9 Å². The van der Waals surface area contributed by atoms with Gasteiger partial charge in [0, 0.05) is 19.5 Å². The Morgan fingerprint density at radius 1 is 0.964 bits per heavy atom. The Morgan fingerprint density at radius 3 is 2.25 bits per heavy atom. The summed E-state index contributed by atoms with van der Waals surface area (Å²) in [6.07, 6.45) is 0.302. The molecule has 0 fully saturated rings. The summed E-state index contributed by atoms with van der Waals surface area (Å²) in [5.41, 5.74) is 0.444. The SMILES string of the molecule is Cc1ccccc1OCCCC(=O)NCCNC(=O)CNC(=O)OC(C)(C)C. The van der Waals surface area contributed by atoms with E-state index in [0.29, 0.717) is 26.0 Å². The first-order valence-corrected chi connectivity index (χ1v) is 9.36. The molecule has 0 bridgehead atoms. The van der Waals surface area contributed by atoms with Gasteiger partial charge in [-0.3, -0.25) is 9.59 Å². The molecular formula is C20H31N3O5. The summed E-state index contributed by atoms with van der Waals surface area (Å²) in [6.45, 7) is 8.07. The van der Waals surface area contributed by atoms with E-state index in [4.69, 9.17) is 9.47 Å². The number of carbonyl (C=O) groups is 3. The number of nitrogens with one attached hydrogen (secondary N) is 3. The molecule has 0 radical (unpaired) electrons. The van der Waals surface area contributed by atoms with E-state index >= 15 is 0 Å². The Labute approximate surface area is 166 Å². The summed E-state index contributed by atoms with van der Waals surface area (Å²) in [5, 5.41) is 7.69. The first kappa shape index (κ1) is 23.3. The number of para-hydroxylation sites is 1. The molecule has 3 N–H and O–H groups in total. The normalized spacial score (nSPS) is 10.7. The predicted octanol–water partition coefficient (Wildman–Crippen LogP) is 1.91. The summed E-state index contributed by atoms with van der Waals surface area (Å²) in [5.74, 6) is 0.367. The van der Waals surface area contributed by atoms with Crippen LogP contribution in [0.1, 0.15) is 39.2 Å². The number of rotatable bonds is 10. The first-order valence-electron chi connectivity index (χ1n) is 9.36. The highest BCUT2D eigenvalue weighted by molar-refractivity contribution is 5.82. The molecule has 0 unspecified atom stereocenters. The molecule has 0 saturated carbocycles. The molecule has 156 valence electrons. The maximum Gasteiger partial charge on any atom is 0.408 e. The van der Waals surface area contributed by atoms with Crippen LogP contribution in [0.3, 0.4) is 0 Å². The lowest BCUT2D eigenvalue weighted by molar-refractivity contribution is -0.122. The fourth-order valence-electron chi connectivity index (χ4n) is 2.15. The third-order valence-electron chi connectivity index (χ3n) is 3.46. The maximum absolute atomic E-state index is 11.8. The van der Waals surface area contributed by atoms with Gasteiger partial charge in [0.15, 0.2) is 0 Å². The number of ether oxygens (including phenoxy) is 2. The number of aryl methyl sites for hydroxylation is 1. The Bertz CT molecular complexity index is 655. The average molecular weight is 393 g/mol. The van der Waals surface area contributed by atoms with Crippen molar-refractivity contribution in [3.63, 3.8) is 0 Å². The molecule has 1 rings (SSSR count). The zero-order valence-corrected chi connectivity index (χ0v) is 17.1. The molecular weight excluding hydrogens is 362 g/mol. The van der Waals surface area contributed by atoms with Gasteiger partial charge >= 0.3 is 6.09 Å². The molecule has 3 amide bonds. The van der Waals surface area contributed by atoms with Crippen LogP contribution in [0.5, 0.6) is 5.75 Å². The molecule has 0 atom stereocenters. The van der Waals surface area contributed by atoms with Crippen molar-refractivity contribution < 1.29 is 23.9 Å².